The number of benzene rings is 1. The van der Waals surface area contributed by atoms with Crippen molar-refractivity contribution in [3.63, 3.8) is 0 Å². The first kappa shape index (κ1) is 23.6. The maximum atomic E-state index is 4.80. The second kappa shape index (κ2) is 10.9. The van der Waals surface area contributed by atoms with Gasteiger partial charge in [-0.15, -0.1) is 24.0 Å². The van der Waals surface area contributed by atoms with Crippen LogP contribution in [-0.2, 0) is 19.4 Å². The van der Waals surface area contributed by atoms with Gasteiger partial charge in [0.15, 0.2) is 11.8 Å². The first-order valence-electron chi connectivity index (χ1n) is 10.5. The molecule has 2 N–H and O–H groups in total. The predicted molar refractivity (Wildman–Crippen MR) is 130 cm³/mol. The predicted octanol–water partition coefficient (Wildman–Crippen LogP) is 3.75. The Labute approximate surface area is 192 Å². The van der Waals surface area contributed by atoms with Gasteiger partial charge in [-0.25, -0.2) is 9.67 Å². The Morgan fingerprint density at radius 1 is 1.24 bits per heavy atom. The maximum Gasteiger partial charge on any atom is 0.191 e. The Kier molecular flexibility index (Phi) is 8.92. The number of rotatable bonds is 6. The van der Waals surface area contributed by atoms with Gasteiger partial charge in [-0.3, -0.25) is 4.99 Å². The summed E-state index contributed by atoms with van der Waals surface area (Å²) in [5.41, 5.74) is 3.98. The van der Waals surface area contributed by atoms with Crippen LogP contribution in [0.4, 0.5) is 0 Å². The topological polar surface area (TPSA) is 67.1 Å². The molecule has 1 atom stereocenters. The van der Waals surface area contributed by atoms with E-state index in [0.29, 0.717) is 12.0 Å². The average molecular weight is 510 g/mol. The van der Waals surface area contributed by atoms with E-state index in [1.165, 1.54) is 16.7 Å². The molecule has 7 heteroatoms. The molecule has 6 nitrogen and oxygen atoms in total. The first-order valence-corrected chi connectivity index (χ1v) is 10.5. The van der Waals surface area contributed by atoms with Gasteiger partial charge in [0.05, 0.1) is 6.54 Å². The molecular weight excluding hydrogens is 475 g/mol. The molecule has 29 heavy (non-hydrogen) atoms. The molecule has 1 aromatic carbocycles. The molecule has 1 unspecified atom stereocenters. The molecule has 0 spiro atoms. The van der Waals surface area contributed by atoms with Crippen molar-refractivity contribution in [3.05, 3.63) is 46.5 Å². The van der Waals surface area contributed by atoms with Gasteiger partial charge in [-0.05, 0) is 39.2 Å². The Morgan fingerprint density at radius 2 is 1.97 bits per heavy atom. The van der Waals surface area contributed by atoms with E-state index in [1.807, 2.05) is 0 Å². The maximum absolute atomic E-state index is 4.80. The van der Waals surface area contributed by atoms with Gasteiger partial charge in [-0.2, -0.15) is 5.10 Å². The molecule has 0 bridgehead atoms. The number of halogens is 1. The molecule has 1 aliphatic heterocycles. The molecule has 3 rings (SSSR count). The van der Waals surface area contributed by atoms with Crippen molar-refractivity contribution in [2.75, 3.05) is 13.1 Å². The number of hydrogen-bond acceptors (Lipinski definition) is 3. The Hall–Kier alpha value is -1.64. The lowest BCUT2D eigenvalue weighted by atomic mass is 10.1. The number of guanidine groups is 1. The Morgan fingerprint density at radius 3 is 2.62 bits per heavy atom. The van der Waals surface area contributed by atoms with Gasteiger partial charge in [0.25, 0.3) is 0 Å². The van der Waals surface area contributed by atoms with Crippen LogP contribution >= 0.6 is 24.0 Å². The van der Waals surface area contributed by atoms with E-state index in [4.69, 9.17) is 4.99 Å². The highest BCUT2D eigenvalue weighted by molar-refractivity contribution is 14.0. The minimum atomic E-state index is 0. The van der Waals surface area contributed by atoms with Gasteiger partial charge in [0.2, 0.25) is 0 Å². The van der Waals surface area contributed by atoms with Crippen LogP contribution in [0.2, 0.25) is 0 Å². The summed E-state index contributed by atoms with van der Waals surface area (Å²) in [5, 5.41) is 11.7. The summed E-state index contributed by atoms with van der Waals surface area (Å²) in [6, 6.07) is 7.04. The summed E-state index contributed by atoms with van der Waals surface area (Å²) in [6.07, 6.45) is 2.96. The third-order valence-electron chi connectivity index (χ3n) is 5.03. The van der Waals surface area contributed by atoms with E-state index in [-0.39, 0.29) is 24.0 Å². The summed E-state index contributed by atoms with van der Waals surface area (Å²) >= 11 is 0. The smallest absolute Gasteiger partial charge is 0.191 e. The van der Waals surface area contributed by atoms with Crippen molar-refractivity contribution >= 4 is 29.9 Å². The molecule has 2 heterocycles. The molecule has 0 aliphatic carbocycles. The molecule has 0 fully saturated rings. The zero-order chi connectivity index (χ0) is 20.1. The van der Waals surface area contributed by atoms with Gasteiger partial charge >= 0.3 is 0 Å². The minimum absolute atomic E-state index is 0. The fourth-order valence-electron chi connectivity index (χ4n) is 3.71. The largest absolute Gasteiger partial charge is 0.357 e. The summed E-state index contributed by atoms with van der Waals surface area (Å²) in [6.45, 7) is 13.2. The van der Waals surface area contributed by atoms with Crippen LogP contribution in [0.3, 0.4) is 0 Å². The van der Waals surface area contributed by atoms with Crippen LogP contribution < -0.4 is 10.6 Å². The molecule has 0 amide bonds. The zero-order valence-corrected chi connectivity index (χ0v) is 20.7. The standard InChI is InChI=1S/C22H34N6.HI/c1-6-23-22(24-10-9-18-12-16(4)11-17(5)13-18)25-19-7-8-20-26-21(15(2)3)27-28(20)14-19;/h11-13,15,19H,6-10,14H2,1-5H3,(H2,23,24,25);1H. The van der Waals surface area contributed by atoms with E-state index in [0.717, 1.165) is 56.5 Å². The summed E-state index contributed by atoms with van der Waals surface area (Å²) in [7, 11) is 0. The number of hydrogen-bond donors (Lipinski definition) is 2. The van der Waals surface area contributed by atoms with Crippen molar-refractivity contribution in [2.45, 2.75) is 72.4 Å². The Balaban J connectivity index is 0.00000300. The quantitative estimate of drug-likeness (QED) is 0.353. The number of aryl methyl sites for hydroxylation is 3. The molecule has 1 aromatic heterocycles. The van der Waals surface area contributed by atoms with Crippen LogP contribution in [0.15, 0.2) is 23.2 Å². The molecule has 0 saturated heterocycles. The SMILES string of the molecule is CCNC(=NCCc1cc(C)cc(C)c1)NC1CCc2nc(C(C)C)nn2C1.I. The fraction of sp³-hybridized carbons (Fsp3) is 0.591. The van der Waals surface area contributed by atoms with Gasteiger partial charge in [-0.1, -0.05) is 43.2 Å². The zero-order valence-electron chi connectivity index (χ0n) is 18.3. The highest BCUT2D eigenvalue weighted by atomic mass is 127. The van der Waals surface area contributed by atoms with E-state index < -0.39 is 0 Å². The summed E-state index contributed by atoms with van der Waals surface area (Å²) in [5.74, 6) is 3.32. The van der Waals surface area contributed by atoms with Crippen LogP contribution in [0.25, 0.3) is 0 Å². The molecule has 1 aliphatic rings. The molecule has 160 valence electrons. The van der Waals surface area contributed by atoms with E-state index >= 15 is 0 Å². The molecule has 0 radical (unpaired) electrons. The van der Waals surface area contributed by atoms with Gasteiger partial charge < -0.3 is 10.6 Å². The first-order chi connectivity index (χ1) is 13.4. The van der Waals surface area contributed by atoms with Crippen molar-refractivity contribution in [1.29, 1.82) is 0 Å². The van der Waals surface area contributed by atoms with Gasteiger partial charge in [0.1, 0.15) is 5.82 Å². The van der Waals surface area contributed by atoms with E-state index in [2.05, 4.69) is 78.2 Å². The number of fused-ring (bicyclic) bond motifs is 1. The third-order valence-corrected chi connectivity index (χ3v) is 5.03. The average Bonchev–Trinajstić information content (AvgIpc) is 3.05. The second-order valence-electron chi connectivity index (χ2n) is 8.11. The molecule has 0 saturated carbocycles. The second-order valence-corrected chi connectivity index (χ2v) is 8.11. The normalized spacial score (nSPS) is 16.3. The lowest BCUT2D eigenvalue weighted by Gasteiger charge is -2.25. The number of aliphatic imine (C=N–C) groups is 1. The number of aromatic nitrogens is 3. The highest BCUT2D eigenvalue weighted by Crippen LogP contribution is 2.17. The monoisotopic (exact) mass is 510 g/mol. The summed E-state index contributed by atoms with van der Waals surface area (Å²) < 4.78 is 2.07. The fourth-order valence-corrected chi connectivity index (χ4v) is 3.71. The lowest BCUT2D eigenvalue weighted by Crippen LogP contribution is -2.47. The van der Waals surface area contributed by atoms with E-state index in [1.54, 1.807) is 0 Å². The van der Waals surface area contributed by atoms with Crippen LogP contribution in [0.5, 0.6) is 0 Å². The Bertz CT molecular complexity index is 806. The van der Waals surface area contributed by atoms with Crippen LogP contribution in [0.1, 0.15) is 61.4 Å². The van der Waals surface area contributed by atoms with Crippen molar-refractivity contribution in [3.8, 4) is 0 Å². The van der Waals surface area contributed by atoms with Crippen molar-refractivity contribution in [1.82, 2.24) is 25.4 Å². The van der Waals surface area contributed by atoms with Gasteiger partial charge in [0, 0.05) is 31.5 Å². The lowest BCUT2D eigenvalue weighted by molar-refractivity contribution is 0.391. The number of nitrogens with zero attached hydrogens (tertiary/aromatic N) is 4. The summed E-state index contributed by atoms with van der Waals surface area (Å²) in [4.78, 5) is 9.48. The highest BCUT2D eigenvalue weighted by Gasteiger charge is 2.23. The third kappa shape index (κ3) is 6.69. The van der Waals surface area contributed by atoms with Crippen molar-refractivity contribution < 1.29 is 0 Å². The minimum Gasteiger partial charge on any atom is -0.357 e. The van der Waals surface area contributed by atoms with Crippen LogP contribution in [-0.4, -0.2) is 39.9 Å². The van der Waals surface area contributed by atoms with Crippen molar-refractivity contribution in [2.24, 2.45) is 4.99 Å². The number of nitrogens with one attached hydrogen (secondary N) is 2. The van der Waals surface area contributed by atoms with E-state index in [9.17, 15) is 0 Å². The molecule has 2 aromatic rings. The molecular formula is C22H35IN6. The van der Waals surface area contributed by atoms with Crippen LogP contribution in [0, 0.1) is 13.8 Å².